The number of aromatic carboxylic acids is 1. The molecule has 0 aromatic carbocycles. The highest BCUT2D eigenvalue weighted by Crippen LogP contribution is 2.29. The molecule has 9 heteroatoms. The van der Waals surface area contributed by atoms with E-state index in [2.05, 4.69) is 10.3 Å². The van der Waals surface area contributed by atoms with E-state index in [4.69, 9.17) is 16.7 Å². The summed E-state index contributed by atoms with van der Waals surface area (Å²) >= 11 is 6.47. The van der Waals surface area contributed by atoms with Crippen LogP contribution in [-0.4, -0.2) is 41.0 Å². The van der Waals surface area contributed by atoms with Crippen molar-refractivity contribution in [3.8, 4) is 0 Å². The first-order valence-corrected chi connectivity index (χ1v) is 5.64. The van der Waals surface area contributed by atoms with Gasteiger partial charge in [0.1, 0.15) is 13.1 Å². The van der Waals surface area contributed by atoms with Gasteiger partial charge in [-0.2, -0.15) is 0 Å². The van der Waals surface area contributed by atoms with Gasteiger partial charge in [0.25, 0.3) is 0 Å². The summed E-state index contributed by atoms with van der Waals surface area (Å²) in [5.41, 5.74) is 0. The third-order valence-corrected chi connectivity index (χ3v) is 3.48. The molecule has 1 aromatic heterocycles. The first-order chi connectivity index (χ1) is 7.97. The van der Waals surface area contributed by atoms with Gasteiger partial charge in [-0.3, -0.25) is 14.9 Å². The van der Waals surface area contributed by atoms with Gasteiger partial charge in [0, 0.05) is 0 Å². The molecule has 2 heterocycles. The Morgan fingerprint density at radius 3 is 2.47 bits per heavy atom. The predicted molar refractivity (Wildman–Crippen MR) is 59.4 cm³/mol. The number of nitrogens with zero attached hydrogens (tertiary/aromatic N) is 2. The smallest absolute Gasteiger partial charge is 0.349 e. The van der Waals surface area contributed by atoms with Crippen molar-refractivity contribution in [2.24, 2.45) is 0 Å². The van der Waals surface area contributed by atoms with Crippen LogP contribution in [0.4, 0.5) is 5.13 Å². The van der Waals surface area contributed by atoms with Gasteiger partial charge >= 0.3 is 5.97 Å². The van der Waals surface area contributed by atoms with Crippen LogP contribution in [0.15, 0.2) is 0 Å². The Labute approximate surface area is 104 Å². The average Bonchev–Trinajstić information content (AvgIpc) is 2.59. The Balaban J connectivity index is 2.28. The standard InChI is InChI=1S/C8H6ClN3O4S/c9-6-5(7(15)16)17-8(11-6)12-1-3(13)10-4(14)2-12/h1-2H2,(H,15,16)(H,10,13,14). The maximum Gasteiger partial charge on any atom is 0.349 e. The Bertz CT molecular complexity index is 499. The van der Waals surface area contributed by atoms with Gasteiger partial charge < -0.3 is 10.0 Å². The van der Waals surface area contributed by atoms with Crippen molar-refractivity contribution < 1.29 is 19.5 Å². The number of anilines is 1. The van der Waals surface area contributed by atoms with Crippen LogP contribution < -0.4 is 10.2 Å². The molecule has 0 saturated carbocycles. The van der Waals surface area contributed by atoms with E-state index >= 15 is 0 Å². The van der Waals surface area contributed by atoms with E-state index in [-0.39, 0.29) is 28.3 Å². The van der Waals surface area contributed by atoms with Crippen molar-refractivity contribution in [3.05, 3.63) is 10.0 Å². The van der Waals surface area contributed by atoms with Crippen LogP contribution >= 0.6 is 22.9 Å². The van der Waals surface area contributed by atoms with E-state index in [0.717, 1.165) is 11.3 Å². The fourth-order valence-corrected chi connectivity index (χ4v) is 2.45. The Hall–Kier alpha value is -1.67. The zero-order chi connectivity index (χ0) is 12.6. The number of halogens is 1. The number of piperazine rings is 1. The molecule has 7 nitrogen and oxygen atoms in total. The number of carboxylic acid groups (broad SMARTS) is 1. The summed E-state index contributed by atoms with van der Waals surface area (Å²) in [6.45, 7) is -0.0940. The lowest BCUT2D eigenvalue weighted by Crippen LogP contribution is -2.51. The zero-order valence-corrected chi connectivity index (χ0v) is 9.84. The van der Waals surface area contributed by atoms with E-state index < -0.39 is 17.8 Å². The molecule has 1 aliphatic heterocycles. The molecule has 2 amide bonds. The molecule has 1 aliphatic rings. The van der Waals surface area contributed by atoms with Gasteiger partial charge in [0.15, 0.2) is 15.2 Å². The second-order valence-electron chi connectivity index (χ2n) is 3.25. The Morgan fingerprint density at radius 2 is 2.00 bits per heavy atom. The first kappa shape index (κ1) is 11.8. The summed E-state index contributed by atoms with van der Waals surface area (Å²) in [7, 11) is 0. The SMILES string of the molecule is O=C1CN(c2nc(Cl)c(C(=O)O)s2)CC(=O)N1. The molecule has 1 aromatic rings. The molecule has 17 heavy (non-hydrogen) atoms. The summed E-state index contributed by atoms with van der Waals surface area (Å²) in [6, 6.07) is 0. The highest BCUT2D eigenvalue weighted by Gasteiger charge is 2.26. The summed E-state index contributed by atoms with van der Waals surface area (Å²) < 4.78 is 0. The van der Waals surface area contributed by atoms with Gasteiger partial charge in [0.05, 0.1) is 0 Å². The van der Waals surface area contributed by atoms with Crippen molar-refractivity contribution in [1.29, 1.82) is 0 Å². The van der Waals surface area contributed by atoms with Gasteiger partial charge in [0.2, 0.25) is 11.8 Å². The minimum atomic E-state index is -1.19. The number of carbonyl (C=O) groups excluding carboxylic acids is 2. The van der Waals surface area contributed by atoms with Crippen molar-refractivity contribution >= 4 is 45.9 Å². The number of imide groups is 1. The summed E-state index contributed by atoms with van der Waals surface area (Å²) in [6.07, 6.45) is 0. The number of carbonyl (C=O) groups is 3. The largest absolute Gasteiger partial charge is 0.477 e. The van der Waals surface area contributed by atoms with E-state index in [9.17, 15) is 14.4 Å². The lowest BCUT2D eigenvalue weighted by molar-refractivity contribution is -0.130. The molecule has 1 fully saturated rings. The third-order valence-electron chi connectivity index (χ3n) is 1.99. The number of nitrogens with one attached hydrogen (secondary N) is 1. The van der Waals surface area contributed by atoms with Crippen molar-refractivity contribution in [2.45, 2.75) is 0 Å². The van der Waals surface area contributed by atoms with E-state index in [1.165, 1.54) is 4.90 Å². The number of carboxylic acids is 1. The number of amides is 2. The van der Waals surface area contributed by atoms with Gasteiger partial charge in [-0.15, -0.1) is 0 Å². The van der Waals surface area contributed by atoms with Crippen LogP contribution in [-0.2, 0) is 9.59 Å². The molecule has 0 spiro atoms. The number of aromatic nitrogens is 1. The second kappa shape index (κ2) is 4.30. The fourth-order valence-electron chi connectivity index (χ4n) is 1.33. The Morgan fingerprint density at radius 1 is 1.41 bits per heavy atom. The molecule has 0 bridgehead atoms. The summed E-state index contributed by atoms with van der Waals surface area (Å²) in [5.74, 6) is -2.10. The fraction of sp³-hybridized carbons (Fsp3) is 0.250. The number of hydrogen-bond acceptors (Lipinski definition) is 6. The van der Waals surface area contributed by atoms with Crippen molar-refractivity contribution in [1.82, 2.24) is 10.3 Å². The maximum atomic E-state index is 11.1. The molecular formula is C8H6ClN3O4S. The lowest BCUT2D eigenvalue weighted by atomic mass is 10.4. The minimum absolute atomic E-state index is 0.0470. The molecule has 2 rings (SSSR count). The van der Waals surface area contributed by atoms with Crippen LogP contribution in [0.1, 0.15) is 9.67 Å². The molecule has 1 saturated heterocycles. The van der Waals surface area contributed by atoms with Crippen LogP contribution in [0, 0.1) is 0 Å². The van der Waals surface area contributed by atoms with E-state index in [1.807, 2.05) is 0 Å². The highest BCUT2D eigenvalue weighted by atomic mass is 35.5. The molecule has 0 unspecified atom stereocenters. The second-order valence-corrected chi connectivity index (χ2v) is 4.58. The summed E-state index contributed by atoms with van der Waals surface area (Å²) in [5, 5.41) is 11.0. The molecular weight excluding hydrogens is 270 g/mol. The number of rotatable bonds is 2. The molecule has 2 N–H and O–H groups in total. The average molecular weight is 276 g/mol. The molecule has 90 valence electrons. The maximum absolute atomic E-state index is 11.1. The molecule has 0 aliphatic carbocycles. The minimum Gasteiger partial charge on any atom is -0.477 e. The highest BCUT2D eigenvalue weighted by molar-refractivity contribution is 7.18. The number of thiazole rings is 1. The quantitative estimate of drug-likeness (QED) is 0.735. The zero-order valence-electron chi connectivity index (χ0n) is 8.27. The van der Waals surface area contributed by atoms with Crippen molar-refractivity contribution in [2.75, 3.05) is 18.0 Å². The molecule has 0 radical (unpaired) electrons. The predicted octanol–water partition coefficient (Wildman–Crippen LogP) is -0.0425. The lowest BCUT2D eigenvalue weighted by Gasteiger charge is -2.24. The van der Waals surface area contributed by atoms with Crippen molar-refractivity contribution in [3.63, 3.8) is 0 Å². The van der Waals surface area contributed by atoms with Crippen LogP contribution in [0.5, 0.6) is 0 Å². The third kappa shape index (κ3) is 2.37. The van der Waals surface area contributed by atoms with Crippen LogP contribution in [0.2, 0.25) is 5.15 Å². The van der Waals surface area contributed by atoms with Crippen LogP contribution in [0.25, 0.3) is 0 Å². The normalized spacial score (nSPS) is 15.9. The first-order valence-electron chi connectivity index (χ1n) is 4.44. The number of hydrogen-bond donors (Lipinski definition) is 2. The van der Waals surface area contributed by atoms with Crippen LogP contribution in [0.3, 0.4) is 0 Å². The monoisotopic (exact) mass is 275 g/mol. The topological polar surface area (TPSA) is 99.6 Å². The summed E-state index contributed by atoms with van der Waals surface area (Å²) in [4.78, 5) is 38.1. The van der Waals surface area contributed by atoms with Gasteiger partial charge in [-0.1, -0.05) is 22.9 Å². The van der Waals surface area contributed by atoms with Gasteiger partial charge in [-0.25, -0.2) is 9.78 Å². The molecule has 0 atom stereocenters. The van der Waals surface area contributed by atoms with E-state index in [1.54, 1.807) is 0 Å². The van der Waals surface area contributed by atoms with Gasteiger partial charge in [-0.05, 0) is 0 Å². The van der Waals surface area contributed by atoms with E-state index in [0.29, 0.717) is 0 Å². The Kier molecular flexibility index (Phi) is 2.99.